The number of hydrogen-bond donors (Lipinski definition) is 3. The minimum Gasteiger partial charge on any atom is -0.654 e. The number of ether oxygens (including phenoxy) is 1. The van der Waals surface area contributed by atoms with Crippen molar-refractivity contribution in [1.29, 1.82) is 0 Å². The molecule has 31 heavy (non-hydrogen) atoms. The smallest absolute Gasteiger partial charge is 0.302 e. The highest BCUT2D eigenvalue weighted by atomic mass is 16.5. The van der Waals surface area contributed by atoms with E-state index in [9.17, 15) is 19.8 Å². The zero-order valence-electron chi connectivity index (χ0n) is 18.7. The Balaban J connectivity index is 1.98. The SMILES string of the molecule is CCCC[C@H]([N-]C[C@H](Cc1ccccc1)OC(C)=O)[C@H](O)C(=O)N[C@H]1CCCC[C@@H]1O. The number of hydrogen-bond acceptors (Lipinski definition) is 5. The van der Waals surface area contributed by atoms with E-state index in [0.29, 0.717) is 25.7 Å². The summed E-state index contributed by atoms with van der Waals surface area (Å²) in [7, 11) is 0. The maximum absolute atomic E-state index is 12.7. The van der Waals surface area contributed by atoms with Gasteiger partial charge in [-0.25, -0.2) is 0 Å². The van der Waals surface area contributed by atoms with Crippen molar-refractivity contribution in [2.45, 2.75) is 95.6 Å². The van der Waals surface area contributed by atoms with E-state index >= 15 is 0 Å². The number of carbonyl (C=O) groups is 2. The number of esters is 1. The standard InChI is InChI=1S/C24H37N2O5/c1-3-4-12-21(23(29)24(30)26-20-13-8-9-14-22(20)28)25-16-19(31-17(2)27)15-18-10-6-5-7-11-18/h5-7,10-11,19-23,28-29H,3-4,8-9,12-16H2,1-2H3,(H,26,30)/q-1/t19-,20-,21-,22-,23-/m0/s1. The predicted octanol–water partition coefficient (Wildman–Crippen LogP) is 2.87. The van der Waals surface area contributed by atoms with Crippen LogP contribution in [0, 0.1) is 0 Å². The Morgan fingerprint density at radius 3 is 2.58 bits per heavy atom. The van der Waals surface area contributed by atoms with Gasteiger partial charge in [0.15, 0.2) is 0 Å². The summed E-state index contributed by atoms with van der Waals surface area (Å²) in [5.41, 5.74) is 1.03. The highest BCUT2D eigenvalue weighted by Crippen LogP contribution is 2.21. The van der Waals surface area contributed by atoms with Crippen LogP contribution in [-0.2, 0) is 20.7 Å². The van der Waals surface area contributed by atoms with Crippen molar-refractivity contribution in [2.75, 3.05) is 6.54 Å². The van der Waals surface area contributed by atoms with Gasteiger partial charge in [-0.1, -0.05) is 69.4 Å². The first-order valence-electron chi connectivity index (χ1n) is 11.4. The van der Waals surface area contributed by atoms with Crippen LogP contribution >= 0.6 is 0 Å². The summed E-state index contributed by atoms with van der Waals surface area (Å²) in [5.74, 6) is -0.881. The van der Waals surface area contributed by atoms with Crippen molar-refractivity contribution in [3.63, 3.8) is 0 Å². The lowest BCUT2D eigenvalue weighted by Crippen LogP contribution is -2.51. The molecule has 0 heterocycles. The molecule has 0 saturated heterocycles. The number of carbonyl (C=O) groups excluding carboxylic acids is 2. The van der Waals surface area contributed by atoms with Gasteiger partial charge in [0, 0.05) is 13.3 Å². The van der Waals surface area contributed by atoms with E-state index in [1.54, 1.807) is 0 Å². The van der Waals surface area contributed by atoms with Crippen LogP contribution in [0.2, 0.25) is 0 Å². The summed E-state index contributed by atoms with van der Waals surface area (Å²) in [6.45, 7) is 3.61. The van der Waals surface area contributed by atoms with Gasteiger partial charge in [0.05, 0.1) is 18.2 Å². The molecule has 5 atom stereocenters. The highest BCUT2D eigenvalue weighted by Gasteiger charge is 2.28. The molecule has 0 aliphatic heterocycles. The summed E-state index contributed by atoms with van der Waals surface area (Å²) < 4.78 is 5.44. The molecule has 1 aromatic carbocycles. The maximum atomic E-state index is 12.7. The summed E-state index contributed by atoms with van der Waals surface area (Å²) >= 11 is 0. The van der Waals surface area contributed by atoms with Crippen LogP contribution in [0.3, 0.4) is 0 Å². The fourth-order valence-electron chi connectivity index (χ4n) is 3.99. The van der Waals surface area contributed by atoms with Crippen molar-refractivity contribution < 1.29 is 24.5 Å². The molecule has 7 heteroatoms. The van der Waals surface area contributed by atoms with Crippen molar-refractivity contribution >= 4 is 11.9 Å². The van der Waals surface area contributed by atoms with Crippen LogP contribution in [0.5, 0.6) is 0 Å². The normalized spacial score (nSPS) is 21.7. The van der Waals surface area contributed by atoms with Gasteiger partial charge in [0.25, 0.3) is 0 Å². The summed E-state index contributed by atoms with van der Waals surface area (Å²) in [5, 5.41) is 28.2. The molecule has 0 bridgehead atoms. The van der Waals surface area contributed by atoms with E-state index in [2.05, 4.69) is 10.6 Å². The van der Waals surface area contributed by atoms with Crippen LogP contribution in [0.15, 0.2) is 30.3 Å². The van der Waals surface area contributed by atoms with Crippen molar-refractivity contribution in [3.8, 4) is 0 Å². The molecule has 3 N–H and O–H groups in total. The molecule has 1 aliphatic carbocycles. The second-order valence-electron chi connectivity index (χ2n) is 8.41. The first-order chi connectivity index (χ1) is 14.9. The van der Waals surface area contributed by atoms with Crippen LogP contribution in [0.4, 0.5) is 0 Å². The molecule has 0 spiro atoms. The first kappa shape index (κ1) is 25.3. The van der Waals surface area contributed by atoms with E-state index in [-0.39, 0.29) is 18.6 Å². The molecule has 0 aromatic heterocycles. The lowest BCUT2D eigenvalue weighted by atomic mass is 9.92. The minimum absolute atomic E-state index is 0.208. The third-order valence-corrected chi connectivity index (χ3v) is 5.73. The highest BCUT2D eigenvalue weighted by molar-refractivity contribution is 5.82. The Morgan fingerprint density at radius 1 is 1.23 bits per heavy atom. The van der Waals surface area contributed by atoms with Gasteiger partial charge in [-0.15, -0.1) is 12.6 Å². The Hall–Kier alpha value is -1.96. The van der Waals surface area contributed by atoms with Gasteiger partial charge in [-0.05, 0) is 18.4 Å². The van der Waals surface area contributed by atoms with Crippen molar-refractivity contribution in [2.24, 2.45) is 0 Å². The average molecular weight is 434 g/mol. The number of nitrogens with one attached hydrogen (secondary N) is 1. The molecule has 0 unspecified atom stereocenters. The predicted molar refractivity (Wildman–Crippen MR) is 120 cm³/mol. The maximum Gasteiger partial charge on any atom is 0.302 e. The van der Waals surface area contributed by atoms with Crippen LogP contribution < -0.4 is 5.32 Å². The number of nitrogens with zero attached hydrogens (tertiary/aromatic N) is 1. The largest absolute Gasteiger partial charge is 0.654 e. The van der Waals surface area contributed by atoms with Gasteiger partial charge in [-0.3, -0.25) is 9.59 Å². The molecule has 1 fully saturated rings. The van der Waals surface area contributed by atoms with Crippen LogP contribution in [0.25, 0.3) is 5.32 Å². The number of rotatable bonds is 12. The average Bonchev–Trinajstić information content (AvgIpc) is 2.75. The van der Waals surface area contributed by atoms with Gasteiger partial charge < -0.3 is 25.6 Å². The number of aliphatic hydroxyl groups excluding tert-OH is 2. The number of unbranched alkanes of at least 4 members (excludes halogenated alkanes) is 1. The zero-order chi connectivity index (χ0) is 22.6. The lowest BCUT2D eigenvalue weighted by molar-refractivity contribution is -0.145. The summed E-state index contributed by atoms with van der Waals surface area (Å²) in [6, 6.07) is 8.79. The van der Waals surface area contributed by atoms with Crippen LogP contribution in [-0.4, -0.2) is 59.0 Å². The summed E-state index contributed by atoms with van der Waals surface area (Å²) in [4.78, 5) is 24.2. The molecule has 1 aliphatic rings. The summed E-state index contributed by atoms with van der Waals surface area (Å²) in [6.07, 6.45) is 3.76. The topological polar surface area (TPSA) is 110 Å². The van der Waals surface area contributed by atoms with Gasteiger partial charge in [0.2, 0.25) is 5.91 Å². The van der Waals surface area contributed by atoms with Crippen molar-refractivity contribution in [1.82, 2.24) is 5.32 Å². The van der Waals surface area contributed by atoms with E-state index in [4.69, 9.17) is 4.74 Å². The lowest BCUT2D eigenvalue weighted by Gasteiger charge is -2.38. The Bertz CT molecular complexity index is 669. The minimum atomic E-state index is -1.30. The molecule has 2 rings (SSSR count). The number of benzene rings is 1. The second kappa shape index (κ2) is 13.5. The zero-order valence-corrected chi connectivity index (χ0v) is 18.7. The molecule has 7 nitrogen and oxygen atoms in total. The van der Waals surface area contributed by atoms with Crippen molar-refractivity contribution in [3.05, 3.63) is 41.2 Å². The molecular formula is C24H37N2O5-. The molecule has 1 aromatic rings. The van der Waals surface area contributed by atoms with E-state index in [1.807, 2.05) is 37.3 Å². The molecular weight excluding hydrogens is 396 g/mol. The fraction of sp³-hybridized carbons (Fsp3) is 0.667. The Kier molecular flexibility index (Phi) is 11.0. The van der Waals surface area contributed by atoms with E-state index in [0.717, 1.165) is 31.2 Å². The number of aliphatic hydroxyl groups is 2. The third kappa shape index (κ3) is 8.97. The third-order valence-electron chi connectivity index (χ3n) is 5.73. The number of amides is 1. The van der Waals surface area contributed by atoms with E-state index in [1.165, 1.54) is 6.92 Å². The quantitative estimate of drug-likeness (QED) is 0.439. The Labute approximate surface area is 185 Å². The van der Waals surface area contributed by atoms with Gasteiger partial charge >= 0.3 is 5.97 Å². The molecule has 1 amide bonds. The van der Waals surface area contributed by atoms with Crippen LogP contribution in [0.1, 0.15) is 64.4 Å². The van der Waals surface area contributed by atoms with E-state index < -0.39 is 30.3 Å². The van der Waals surface area contributed by atoms with Gasteiger partial charge in [0.1, 0.15) is 6.10 Å². The van der Waals surface area contributed by atoms with Gasteiger partial charge in [-0.2, -0.15) is 0 Å². The fourth-order valence-corrected chi connectivity index (χ4v) is 3.99. The second-order valence-corrected chi connectivity index (χ2v) is 8.41. The molecule has 1 saturated carbocycles. The Morgan fingerprint density at radius 2 is 1.94 bits per heavy atom. The monoisotopic (exact) mass is 433 g/mol. The molecule has 174 valence electrons. The first-order valence-corrected chi connectivity index (χ1v) is 11.4. The molecule has 0 radical (unpaired) electrons.